The molecule has 0 bridgehead atoms. The van der Waals surface area contributed by atoms with Gasteiger partial charge in [-0.05, 0) is 32.7 Å². The third-order valence-electron chi connectivity index (χ3n) is 4.65. The van der Waals surface area contributed by atoms with Gasteiger partial charge < -0.3 is 14.4 Å². The van der Waals surface area contributed by atoms with Crippen molar-refractivity contribution >= 4 is 5.91 Å². The van der Waals surface area contributed by atoms with Gasteiger partial charge in [0.2, 0.25) is 5.91 Å². The van der Waals surface area contributed by atoms with Gasteiger partial charge in [0, 0.05) is 44.6 Å². The van der Waals surface area contributed by atoms with Crippen LogP contribution in [-0.4, -0.2) is 58.5 Å². The van der Waals surface area contributed by atoms with E-state index in [-0.39, 0.29) is 11.8 Å². The molecule has 5 nitrogen and oxygen atoms in total. The normalized spacial score (nSPS) is 21.9. The Morgan fingerprint density at radius 2 is 2.15 bits per heavy atom. The quantitative estimate of drug-likeness (QED) is 0.805. The molecule has 0 saturated heterocycles. The Morgan fingerprint density at radius 3 is 2.90 bits per heavy atom. The Kier molecular flexibility index (Phi) is 3.78. The van der Waals surface area contributed by atoms with E-state index in [0.29, 0.717) is 0 Å². The van der Waals surface area contributed by atoms with Crippen molar-refractivity contribution in [3.05, 3.63) is 18.2 Å². The molecule has 2 heterocycles. The molecular formula is C15H24N4O. The Morgan fingerprint density at radius 1 is 1.35 bits per heavy atom. The van der Waals surface area contributed by atoms with Gasteiger partial charge in [-0.2, -0.15) is 0 Å². The zero-order valence-corrected chi connectivity index (χ0v) is 12.5. The maximum absolute atomic E-state index is 12.5. The Hall–Kier alpha value is -1.36. The maximum atomic E-state index is 12.5. The molecule has 1 aliphatic heterocycles. The first-order valence-corrected chi connectivity index (χ1v) is 7.59. The molecule has 0 radical (unpaired) electrons. The van der Waals surface area contributed by atoms with Crippen LogP contribution in [0.1, 0.15) is 25.0 Å². The van der Waals surface area contributed by atoms with E-state index in [2.05, 4.69) is 21.5 Å². The number of likely N-dealkylation sites (N-methyl/N-ethyl adjacent to an activating group) is 2. The van der Waals surface area contributed by atoms with Gasteiger partial charge >= 0.3 is 0 Å². The molecule has 110 valence electrons. The first kappa shape index (κ1) is 13.6. The SMILES string of the molecule is CN(CCN(C)C1CC1)C(=O)[C@H]1CCc2cncn2C1. The summed E-state index contributed by atoms with van der Waals surface area (Å²) in [4.78, 5) is 20.9. The average molecular weight is 276 g/mol. The molecule has 20 heavy (non-hydrogen) atoms. The molecule has 3 rings (SSSR count). The summed E-state index contributed by atoms with van der Waals surface area (Å²) in [7, 11) is 4.10. The lowest BCUT2D eigenvalue weighted by Crippen LogP contribution is -2.41. The van der Waals surface area contributed by atoms with Crippen molar-refractivity contribution < 1.29 is 4.79 Å². The van der Waals surface area contributed by atoms with Crippen LogP contribution in [0.2, 0.25) is 0 Å². The van der Waals surface area contributed by atoms with Gasteiger partial charge in [0.05, 0.1) is 12.2 Å². The number of fused-ring (bicyclic) bond motifs is 1. The Balaban J connectivity index is 1.50. The lowest BCUT2D eigenvalue weighted by molar-refractivity contribution is -0.135. The van der Waals surface area contributed by atoms with Crippen LogP contribution in [0, 0.1) is 5.92 Å². The predicted molar refractivity (Wildman–Crippen MR) is 77.3 cm³/mol. The summed E-state index contributed by atoms with van der Waals surface area (Å²) in [5.74, 6) is 0.404. The number of amides is 1. The smallest absolute Gasteiger partial charge is 0.227 e. The second-order valence-corrected chi connectivity index (χ2v) is 6.24. The van der Waals surface area contributed by atoms with E-state index >= 15 is 0 Å². The van der Waals surface area contributed by atoms with Gasteiger partial charge in [-0.25, -0.2) is 4.98 Å². The van der Waals surface area contributed by atoms with E-state index < -0.39 is 0 Å². The summed E-state index contributed by atoms with van der Waals surface area (Å²) >= 11 is 0. The third kappa shape index (κ3) is 2.87. The number of hydrogen-bond acceptors (Lipinski definition) is 3. The number of carbonyl (C=O) groups excluding carboxylic acids is 1. The van der Waals surface area contributed by atoms with Crippen molar-refractivity contribution in [2.24, 2.45) is 5.92 Å². The van der Waals surface area contributed by atoms with Crippen LogP contribution < -0.4 is 0 Å². The highest BCUT2D eigenvalue weighted by Crippen LogP contribution is 2.25. The highest BCUT2D eigenvalue weighted by Gasteiger charge is 2.29. The van der Waals surface area contributed by atoms with Crippen LogP contribution in [0.25, 0.3) is 0 Å². The van der Waals surface area contributed by atoms with Gasteiger partial charge in [0.25, 0.3) is 0 Å². The minimum absolute atomic E-state index is 0.118. The molecular weight excluding hydrogens is 252 g/mol. The molecule has 1 atom stereocenters. The van der Waals surface area contributed by atoms with Crippen LogP contribution in [0.3, 0.4) is 0 Å². The Labute approximate surface area is 120 Å². The van der Waals surface area contributed by atoms with E-state index in [1.165, 1.54) is 18.5 Å². The minimum atomic E-state index is 0.118. The summed E-state index contributed by atoms with van der Waals surface area (Å²) < 4.78 is 2.12. The number of rotatable bonds is 5. The molecule has 0 unspecified atom stereocenters. The van der Waals surface area contributed by atoms with Crippen LogP contribution in [0.4, 0.5) is 0 Å². The van der Waals surface area contributed by atoms with Crippen molar-refractivity contribution in [2.45, 2.75) is 38.3 Å². The van der Waals surface area contributed by atoms with E-state index in [4.69, 9.17) is 0 Å². The second-order valence-electron chi connectivity index (χ2n) is 6.24. The molecule has 0 aromatic carbocycles. The first-order chi connectivity index (χ1) is 9.65. The van der Waals surface area contributed by atoms with Crippen molar-refractivity contribution in [3.8, 4) is 0 Å². The van der Waals surface area contributed by atoms with Gasteiger partial charge in [0.15, 0.2) is 0 Å². The fraction of sp³-hybridized carbons (Fsp3) is 0.733. The zero-order valence-electron chi connectivity index (χ0n) is 12.5. The molecule has 1 aromatic rings. The highest BCUT2D eigenvalue weighted by molar-refractivity contribution is 5.78. The molecule has 5 heteroatoms. The van der Waals surface area contributed by atoms with E-state index in [0.717, 1.165) is 38.5 Å². The molecule has 1 saturated carbocycles. The van der Waals surface area contributed by atoms with Crippen LogP contribution >= 0.6 is 0 Å². The van der Waals surface area contributed by atoms with Crippen molar-refractivity contribution in [1.82, 2.24) is 19.4 Å². The van der Waals surface area contributed by atoms with E-state index in [9.17, 15) is 4.79 Å². The summed E-state index contributed by atoms with van der Waals surface area (Å²) in [5, 5.41) is 0. The summed E-state index contributed by atoms with van der Waals surface area (Å²) in [5.41, 5.74) is 1.25. The number of aryl methyl sites for hydroxylation is 1. The fourth-order valence-corrected chi connectivity index (χ4v) is 3.00. The van der Waals surface area contributed by atoms with Crippen LogP contribution in [-0.2, 0) is 17.8 Å². The molecule has 1 amide bonds. The molecule has 1 fully saturated rings. The van der Waals surface area contributed by atoms with Gasteiger partial charge in [-0.15, -0.1) is 0 Å². The average Bonchev–Trinajstić information content (AvgIpc) is 3.21. The molecule has 0 N–H and O–H groups in total. The molecule has 1 aromatic heterocycles. The van der Waals surface area contributed by atoms with Crippen LogP contribution in [0.5, 0.6) is 0 Å². The predicted octanol–water partition coefficient (Wildman–Crippen LogP) is 0.998. The number of aromatic nitrogens is 2. The van der Waals surface area contributed by atoms with E-state index in [1.807, 2.05) is 24.5 Å². The second kappa shape index (κ2) is 5.56. The minimum Gasteiger partial charge on any atom is -0.344 e. The van der Waals surface area contributed by atoms with Gasteiger partial charge in [0.1, 0.15) is 0 Å². The number of imidazole rings is 1. The van der Waals surface area contributed by atoms with Crippen LogP contribution in [0.15, 0.2) is 12.5 Å². The van der Waals surface area contributed by atoms with Gasteiger partial charge in [-0.3, -0.25) is 4.79 Å². The lowest BCUT2D eigenvalue weighted by atomic mass is 9.97. The largest absolute Gasteiger partial charge is 0.344 e. The van der Waals surface area contributed by atoms with Gasteiger partial charge in [-0.1, -0.05) is 0 Å². The lowest BCUT2D eigenvalue weighted by Gasteiger charge is -2.29. The summed E-state index contributed by atoms with van der Waals surface area (Å²) in [6.07, 6.45) is 8.31. The number of nitrogens with zero attached hydrogens (tertiary/aromatic N) is 4. The van der Waals surface area contributed by atoms with Crippen molar-refractivity contribution in [3.63, 3.8) is 0 Å². The topological polar surface area (TPSA) is 41.4 Å². The fourth-order valence-electron chi connectivity index (χ4n) is 3.00. The third-order valence-corrected chi connectivity index (χ3v) is 4.65. The first-order valence-electron chi connectivity index (χ1n) is 7.59. The highest BCUT2D eigenvalue weighted by atomic mass is 16.2. The standard InChI is InChI=1S/C15H24N4O/c1-17(13-5-6-13)7-8-18(2)15(20)12-3-4-14-9-16-11-19(14)10-12/h9,11-13H,3-8,10H2,1-2H3/t12-/m0/s1. The molecule has 2 aliphatic rings. The summed E-state index contributed by atoms with van der Waals surface area (Å²) in [6.45, 7) is 2.60. The monoisotopic (exact) mass is 276 g/mol. The molecule has 1 aliphatic carbocycles. The Bertz CT molecular complexity index is 480. The zero-order chi connectivity index (χ0) is 14.1. The van der Waals surface area contributed by atoms with E-state index in [1.54, 1.807) is 0 Å². The van der Waals surface area contributed by atoms with Crippen molar-refractivity contribution in [1.29, 1.82) is 0 Å². The van der Waals surface area contributed by atoms with Crippen molar-refractivity contribution in [2.75, 3.05) is 27.2 Å². The molecule has 0 spiro atoms. The number of carbonyl (C=O) groups is 1. The number of hydrogen-bond donors (Lipinski definition) is 0. The maximum Gasteiger partial charge on any atom is 0.227 e. The summed E-state index contributed by atoms with van der Waals surface area (Å²) in [6, 6.07) is 0.765.